The summed E-state index contributed by atoms with van der Waals surface area (Å²) in [7, 11) is 1.65. The van der Waals surface area contributed by atoms with Gasteiger partial charge in [0.25, 0.3) is 5.91 Å². The van der Waals surface area contributed by atoms with Crippen molar-refractivity contribution >= 4 is 11.6 Å². The maximum Gasteiger partial charge on any atom is 0.265 e. The van der Waals surface area contributed by atoms with E-state index in [2.05, 4.69) is 10.3 Å². The molecule has 1 N–H and O–H groups in total. The Labute approximate surface area is 96.6 Å². The Hall–Kier alpha value is -1.64. The number of rotatable bonds is 4. The molecular weight excluding hydrogens is 200 g/mol. The summed E-state index contributed by atoms with van der Waals surface area (Å²) in [5.74, 6) is -0.0821. The lowest BCUT2D eigenvalue weighted by molar-refractivity contribution is -0.115. The third-order valence-corrected chi connectivity index (χ3v) is 2.17. The highest BCUT2D eigenvalue weighted by Gasteiger charge is 2.11. The molecule has 0 aliphatic rings. The van der Waals surface area contributed by atoms with Crippen molar-refractivity contribution < 1.29 is 4.79 Å². The van der Waals surface area contributed by atoms with E-state index >= 15 is 0 Å². The molecular formula is C13H18N2O. The average molecular weight is 218 g/mol. The predicted octanol–water partition coefficient (Wildman–Crippen LogP) is 1.82. The predicted molar refractivity (Wildman–Crippen MR) is 66.8 cm³/mol. The summed E-state index contributed by atoms with van der Waals surface area (Å²) in [6, 6.07) is 10.0. The van der Waals surface area contributed by atoms with Crippen LogP contribution in [0.1, 0.15) is 19.4 Å². The summed E-state index contributed by atoms with van der Waals surface area (Å²) in [6.07, 6.45) is 0.579. The maximum atomic E-state index is 11.7. The number of nitrogens with zero attached hydrogens (tertiary/aromatic N) is 1. The van der Waals surface area contributed by atoms with Gasteiger partial charge in [0.1, 0.15) is 5.71 Å². The maximum absolute atomic E-state index is 11.7. The second-order valence-corrected chi connectivity index (χ2v) is 3.96. The summed E-state index contributed by atoms with van der Waals surface area (Å²) in [5.41, 5.74) is 1.67. The van der Waals surface area contributed by atoms with Crippen molar-refractivity contribution in [2.45, 2.75) is 26.3 Å². The molecule has 1 rings (SSSR count). The number of carbonyl (C=O) groups excluding carboxylic acids is 1. The molecule has 0 radical (unpaired) electrons. The summed E-state index contributed by atoms with van der Waals surface area (Å²) in [6.45, 7) is 3.88. The van der Waals surface area contributed by atoms with Crippen molar-refractivity contribution in [2.75, 3.05) is 7.05 Å². The molecule has 3 nitrogen and oxygen atoms in total. The molecule has 0 aliphatic carbocycles. The number of hydrogen-bond donors (Lipinski definition) is 1. The van der Waals surface area contributed by atoms with Crippen molar-refractivity contribution in [3.63, 3.8) is 0 Å². The normalized spacial score (nSPS) is 11.6. The number of aliphatic imine (C=N–C) groups is 1. The van der Waals surface area contributed by atoms with Crippen molar-refractivity contribution in [1.82, 2.24) is 5.32 Å². The first-order chi connectivity index (χ1) is 7.63. The lowest BCUT2D eigenvalue weighted by atomic mass is 10.1. The molecule has 0 spiro atoms. The first-order valence-corrected chi connectivity index (χ1v) is 5.44. The molecule has 1 aromatic carbocycles. The van der Waals surface area contributed by atoms with Crippen molar-refractivity contribution in [2.24, 2.45) is 4.99 Å². The fourth-order valence-corrected chi connectivity index (χ4v) is 1.40. The van der Waals surface area contributed by atoms with Crippen LogP contribution in [-0.4, -0.2) is 24.7 Å². The Morgan fingerprint density at radius 1 is 1.31 bits per heavy atom. The van der Waals surface area contributed by atoms with Crippen molar-refractivity contribution in [3.05, 3.63) is 35.9 Å². The molecule has 0 aliphatic heterocycles. The van der Waals surface area contributed by atoms with Crippen LogP contribution in [-0.2, 0) is 11.2 Å². The second-order valence-electron chi connectivity index (χ2n) is 3.96. The highest BCUT2D eigenvalue weighted by molar-refractivity contribution is 6.39. The summed E-state index contributed by atoms with van der Waals surface area (Å²) in [4.78, 5) is 15.8. The number of amides is 1. The van der Waals surface area contributed by atoms with Gasteiger partial charge in [0.2, 0.25) is 0 Å². The first kappa shape index (κ1) is 12.4. The van der Waals surface area contributed by atoms with Gasteiger partial charge in [-0.05, 0) is 19.4 Å². The molecule has 1 amide bonds. The highest BCUT2D eigenvalue weighted by Crippen LogP contribution is 2.01. The summed E-state index contributed by atoms with van der Waals surface area (Å²) in [5, 5.41) is 2.84. The summed E-state index contributed by atoms with van der Waals surface area (Å²) >= 11 is 0. The molecule has 0 bridgehead atoms. The summed E-state index contributed by atoms with van der Waals surface area (Å²) < 4.78 is 0. The number of nitrogens with one attached hydrogen (secondary N) is 1. The Kier molecular flexibility index (Phi) is 4.70. The third-order valence-electron chi connectivity index (χ3n) is 2.17. The van der Waals surface area contributed by atoms with Crippen LogP contribution in [0.3, 0.4) is 0 Å². The second kappa shape index (κ2) is 6.05. The molecule has 86 valence electrons. The quantitative estimate of drug-likeness (QED) is 0.770. The van der Waals surface area contributed by atoms with E-state index in [1.54, 1.807) is 7.05 Å². The van der Waals surface area contributed by atoms with Crippen LogP contribution in [0.5, 0.6) is 0 Å². The molecule has 0 heterocycles. The van der Waals surface area contributed by atoms with Gasteiger partial charge < -0.3 is 5.32 Å². The number of hydrogen-bond acceptors (Lipinski definition) is 2. The Balaban J connectivity index is 2.67. The van der Waals surface area contributed by atoms with Gasteiger partial charge in [-0.3, -0.25) is 9.79 Å². The van der Waals surface area contributed by atoms with E-state index in [1.165, 1.54) is 0 Å². The van der Waals surface area contributed by atoms with Gasteiger partial charge in [0.05, 0.1) is 0 Å². The molecule has 3 heteroatoms. The van der Waals surface area contributed by atoms with E-state index in [1.807, 2.05) is 44.2 Å². The average Bonchev–Trinajstić information content (AvgIpc) is 2.26. The van der Waals surface area contributed by atoms with Crippen LogP contribution in [0.25, 0.3) is 0 Å². The van der Waals surface area contributed by atoms with Gasteiger partial charge in [0, 0.05) is 19.5 Å². The van der Waals surface area contributed by atoms with E-state index < -0.39 is 0 Å². The molecule has 0 unspecified atom stereocenters. The number of benzene rings is 1. The zero-order valence-corrected chi connectivity index (χ0v) is 10.0. The van der Waals surface area contributed by atoms with E-state index in [-0.39, 0.29) is 11.9 Å². The monoisotopic (exact) mass is 218 g/mol. The van der Waals surface area contributed by atoms with Gasteiger partial charge in [-0.25, -0.2) is 0 Å². The van der Waals surface area contributed by atoms with Crippen LogP contribution in [0.2, 0.25) is 0 Å². The zero-order chi connectivity index (χ0) is 12.0. The smallest absolute Gasteiger partial charge is 0.265 e. The van der Waals surface area contributed by atoms with Gasteiger partial charge >= 0.3 is 0 Å². The Morgan fingerprint density at radius 2 is 1.94 bits per heavy atom. The van der Waals surface area contributed by atoms with Gasteiger partial charge in [-0.2, -0.15) is 0 Å². The van der Waals surface area contributed by atoms with Crippen LogP contribution < -0.4 is 5.32 Å². The van der Waals surface area contributed by atoms with E-state index in [0.29, 0.717) is 12.1 Å². The fraction of sp³-hybridized carbons (Fsp3) is 0.385. The van der Waals surface area contributed by atoms with Gasteiger partial charge in [0.15, 0.2) is 0 Å². The van der Waals surface area contributed by atoms with Crippen LogP contribution >= 0.6 is 0 Å². The molecule has 0 fully saturated rings. The van der Waals surface area contributed by atoms with E-state index in [4.69, 9.17) is 0 Å². The topological polar surface area (TPSA) is 41.5 Å². The van der Waals surface area contributed by atoms with Crippen LogP contribution in [0.15, 0.2) is 35.3 Å². The van der Waals surface area contributed by atoms with Crippen molar-refractivity contribution in [3.8, 4) is 0 Å². The SMILES string of the molecule is C/N=C(\Cc1ccccc1)C(=O)NC(C)C. The zero-order valence-electron chi connectivity index (χ0n) is 10.0. The molecule has 0 saturated carbocycles. The number of carbonyl (C=O) groups is 1. The van der Waals surface area contributed by atoms with Crippen LogP contribution in [0.4, 0.5) is 0 Å². The molecule has 0 atom stereocenters. The Morgan fingerprint density at radius 3 is 2.44 bits per heavy atom. The molecule has 0 saturated heterocycles. The molecule has 16 heavy (non-hydrogen) atoms. The minimum absolute atomic E-state index is 0.0821. The molecule has 1 aromatic rings. The van der Waals surface area contributed by atoms with Gasteiger partial charge in [-0.1, -0.05) is 30.3 Å². The Bertz CT molecular complexity index is 369. The van der Waals surface area contributed by atoms with Crippen LogP contribution in [0, 0.1) is 0 Å². The minimum Gasteiger partial charge on any atom is -0.349 e. The highest BCUT2D eigenvalue weighted by atomic mass is 16.1. The van der Waals surface area contributed by atoms with E-state index in [9.17, 15) is 4.79 Å². The fourth-order valence-electron chi connectivity index (χ4n) is 1.40. The first-order valence-electron chi connectivity index (χ1n) is 5.44. The standard InChI is InChI=1S/C13H18N2O/c1-10(2)15-13(16)12(14-3)9-11-7-5-4-6-8-11/h4-8,10H,9H2,1-3H3,(H,15,16)/b14-12+. The van der Waals surface area contributed by atoms with Gasteiger partial charge in [-0.15, -0.1) is 0 Å². The largest absolute Gasteiger partial charge is 0.349 e. The lowest BCUT2D eigenvalue weighted by Gasteiger charge is -2.10. The minimum atomic E-state index is -0.0821. The van der Waals surface area contributed by atoms with Crippen molar-refractivity contribution in [1.29, 1.82) is 0 Å². The molecule has 0 aromatic heterocycles. The van der Waals surface area contributed by atoms with E-state index in [0.717, 1.165) is 5.56 Å². The third kappa shape index (κ3) is 3.85. The lowest BCUT2D eigenvalue weighted by Crippen LogP contribution is -2.36.